The lowest BCUT2D eigenvalue weighted by Gasteiger charge is -2.28. The van der Waals surface area contributed by atoms with E-state index in [1.165, 1.54) is 7.11 Å². The third kappa shape index (κ3) is 4.17. The van der Waals surface area contributed by atoms with Gasteiger partial charge in [-0.2, -0.15) is 0 Å². The van der Waals surface area contributed by atoms with Crippen molar-refractivity contribution >= 4 is 28.9 Å². The number of carbonyl (C=O) groups is 1. The van der Waals surface area contributed by atoms with Crippen LogP contribution in [0.2, 0.25) is 0 Å². The summed E-state index contributed by atoms with van der Waals surface area (Å²) >= 11 is 0. The van der Waals surface area contributed by atoms with Gasteiger partial charge in [0.2, 0.25) is 5.95 Å². The average molecular weight is 446 g/mol. The Hall–Kier alpha value is -4.12. The molecule has 1 fully saturated rings. The molecule has 0 aliphatic carbocycles. The smallest absolute Gasteiger partial charge is 0.337 e. The van der Waals surface area contributed by atoms with Crippen LogP contribution >= 0.6 is 0 Å². The summed E-state index contributed by atoms with van der Waals surface area (Å²) in [6.45, 7) is 3.12. The highest BCUT2D eigenvalue weighted by molar-refractivity contribution is 5.89. The number of fused-ring (bicyclic) bond motifs is 1. The predicted octanol–water partition coefficient (Wildman–Crippen LogP) is 1.54. The van der Waals surface area contributed by atoms with Crippen LogP contribution < -0.4 is 10.6 Å². The second kappa shape index (κ2) is 8.79. The Balaban J connectivity index is 1.59. The van der Waals surface area contributed by atoms with Crippen LogP contribution in [0.15, 0.2) is 43.0 Å². The monoisotopic (exact) mass is 446 g/mol. The molecule has 11 heteroatoms. The van der Waals surface area contributed by atoms with Crippen molar-refractivity contribution in [1.29, 1.82) is 0 Å². The molecule has 4 aromatic rings. The molecule has 0 unspecified atom stereocenters. The van der Waals surface area contributed by atoms with Crippen LogP contribution in [0.3, 0.4) is 0 Å². The maximum atomic E-state index is 11.9. The van der Waals surface area contributed by atoms with E-state index >= 15 is 0 Å². The molecule has 33 heavy (non-hydrogen) atoms. The van der Waals surface area contributed by atoms with Gasteiger partial charge in [0.1, 0.15) is 0 Å². The Morgan fingerprint density at radius 1 is 1.15 bits per heavy atom. The molecule has 11 nitrogen and oxygen atoms in total. The van der Waals surface area contributed by atoms with Gasteiger partial charge in [-0.3, -0.25) is 0 Å². The summed E-state index contributed by atoms with van der Waals surface area (Å²) in [5, 5.41) is 0. The Labute approximate surface area is 189 Å². The molecule has 168 valence electrons. The van der Waals surface area contributed by atoms with Crippen molar-refractivity contribution in [1.82, 2.24) is 29.5 Å². The lowest BCUT2D eigenvalue weighted by molar-refractivity contribution is 0.0600. The van der Waals surface area contributed by atoms with Gasteiger partial charge < -0.3 is 24.7 Å². The fourth-order valence-corrected chi connectivity index (χ4v) is 3.73. The molecule has 1 aliphatic rings. The quantitative estimate of drug-likeness (QED) is 0.450. The molecule has 0 spiro atoms. The largest absolute Gasteiger partial charge is 0.465 e. The lowest BCUT2D eigenvalue weighted by Crippen LogP contribution is -2.37. The average Bonchev–Trinajstić information content (AvgIpc) is 3.26. The fraction of sp³-hybridized carbons (Fsp3) is 0.273. The van der Waals surface area contributed by atoms with Gasteiger partial charge in [-0.05, 0) is 17.7 Å². The van der Waals surface area contributed by atoms with E-state index in [2.05, 4.69) is 19.9 Å². The summed E-state index contributed by atoms with van der Waals surface area (Å²) < 4.78 is 12.3. The van der Waals surface area contributed by atoms with Crippen molar-refractivity contribution in [3.05, 3.63) is 54.1 Å². The van der Waals surface area contributed by atoms with Crippen molar-refractivity contribution < 1.29 is 14.3 Å². The molecule has 0 amide bonds. The SMILES string of the molecule is COC(=O)c1cccc(Cn2cnc3c(N4CCOCC4)nc(-c4cnc(N)nc4)nc32)c1. The summed E-state index contributed by atoms with van der Waals surface area (Å²) in [7, 11) is 1.37. The molecular formula is C22H22N8O3. The first-order valence-corrected chi connectivity index (χ1v) is 10.4. The van der Waals surface area contributed by atoms with Crippen LogP contribution in [0.4, 0.5) is 11.8 Å². The Kier molecular flexibility index (Phi) is 5.53. The van der Waals surface area contributed by atoms with E-state index in [0.717, 1.165) is 11.4 Å². The van der Waals surface area contributed by atoms with Crippen LogP contribution in [0.5, 0.6) is 0 Å². The number of nitrogens with zero attached hydrogens (tertiary/aromatic N) is 7. The third-order valence-corrected chi connectivity index (χ3v) is 5.39. The highest BCUT2D eigenvalue weighted by atomic mass is 16.5. The highest BCUT2D eigenvalue weighted by Gasteiger charge is 2.21. The molecule has 1 saturated heterocycles. The molecule has 1 aliphatic heterocycles. The summed E-state index contributed by atoms with van der Waals surface area (Å²) in [6, 6.07) is 7.29. The van der Waals surface area contributed by atoms with E-state index in [4.69, 9.17) is 25.2 Å². The first kappa shape index (κ1) is 20.8. The van der Waals surface area contributed by atoms with Crippen molar-refractivity contribution in [3.8, 4) is 11.4 Å². The van der Waals surface area contributed by atoms with Crippen molar-refractivity contribution in [2.45, 2.75) is 6.54 Å². The molecule has 4 heterocycles. The zero-order valence-corrected chi connectivity index (χ0v) is 18.0. The Morgan fingerprint density at radius 3 is 2.70 bits per heavy atom. The maximum Gasteiger partial charge on any atom is 0.337 e. The summed E-state index contributed by atoms with van der Waals surface area (Å²) in [4.78, 5) is 36.4. The summed E-state index contributed by atoms with van der Waals surface area (Å²) in [6.07, 6.45) is 4.94. The third-order valence-electron chi connectivity index (χ3n) is 5.39. The van der Waals surface area contributed by atoms with E-state index in [9.17, 15) is 4.79 Å². The first-order chi connectivity index (χ1) is 16.1. The molecule has 1 aromatic carbocycles. The molecular weight excluding hydrogens is 424 g/mol. The van der Waals surface area contributed by atoms with Gasteiger partial charge in [0.05, 0.1) is 44.3 Å². The number of aromatic nitrogens is 6. The predicted molar refractivity (Wildman–Crippen MR) is 121 cm³/mol. The van der Waals surface area contributed by atoms with Crippen LogP contribution in [0.1, 0.15) is 15.9 Å². The molecule has 0 radical (unpaired) electrons. The number of carbonyl (C=O) groups excluding carboxylic acids is 1. The maximum absolute atomic E-state index is 11.9. The van der Waals surface area contributed by atoms with Crippen LogP contribution in [0, 0.1) is 0 Å². The number of hydrogen-bond acceptors (Lipinski definition) is 10. The molecule has 5 rings (SSSR count). The summed E-state index contributed by atoms with van der Waals surface area (Å²) in [5.41, 5.74) is 9.07. The second-order valence-corrected chi connectivity index (χ2v) is 7.54. The first-order valence-electron chi connectivity index (χ1n) is 10.4. The second-order valence-electron chi connectivity index (χ2n) is 7.54. The number of esters is 1. The lowest BCUT2D eigenvalue weighted by atomic mass is 10.1. The van der Waals surface area contributed by atoms with E-state index < -0.39 is 0 Å². The van der Waals surface area contributed by atoms with Gasteiger partial charge in [-0.25, -0.2) is 29.7 Å². The van der Waals surface area contributed by atoms with Crippen LogP contribution in [-0.2, 0) is 16.0 Å². The van der Waals surface area contributed by atoms with Crippen molar-refractivity contribution in [3.63, 3.8) is 0 Å². The van der Waals surface area contributed by atoms with Crippen LogP contribution in [0.25, 0.3) is 22.6 Å². The molecule has 0 bridgehead atoms. The zero-order valence-electron chi connectivity index (χ0n) is 18.0. The van der Waals surface area contributed by atoms with Gasteiger partial charge in [0.25, 0.3) is 0 Å². The van der Waals surface area contributed by atoms with Gasteiger partial charge in [0, 0.05) is 25.5 Å². The van der Waals surface area contributed by atoms with E-state index in [0.29, 0.717) is 61.0 Å². The van der Waals surface area contributed by atoms with Gasteiger partial charge in [-0.15, -0.1) is 0 Å². The molecule has 0 saturated carbocycles. The number of ether oxygens (including phenoxy) is 2. The van der Waals surface area contributed by atoms with Crippen molar-refractivity contribution in [2.75, 3.05) is 44.0 Å². The number of hydrogen-bond donors (Lipinski definition) is 1. The zero-order chi connectivity index (χ0) is 22.8. The number of morpholine rings is 1. The minimum Gasteiger partial charge on any atom is -0.465 e. The number of nitrogen functional groups attached to an aromatic ring is 1. The topological polar surface area (TPSA) is 134 Å². The van der Waals surface area contributed by atoms with Crippen molar-refractivity contribution in [2.24, 2.45) is 0 Å². The molecule has 0 atom stereocenters. The summed E-state index contributed by atoms with van der Waals surface area (Å²) in [5.74, 6) is 1.02. The number of nitrogens with two attached hydrogens (primary N) is 1. The number of benzene rings is 1. The van der Waals surface area contributed by atoms with Gasteiger partial charge in [-0.1, -0.05) is 12.1 Å². The van der Waals surface area contributed by atoms with Crippen LogP contribution in [-0.4, -0.2) is 68.9 Å². The normalized spacial score (nSPS) is 13.9. The fourth-order valence-electron chi connectivity index (χ4n) is 3.73. The number of anilines is 2. The van der Waals surface area contributed by atoms with Gasteiger partial charge >= 0.3 is 5.97 Å². The number of rotatable bonds is 5. The molecule has 3 aromatic heterocycles. The van der Waals surface area contributed by atoms with E-state index in [-0.39, 0.29) is 11.9 Å². The van der Waals surface area contributed by atoms with Gasteiger partial charge in [0.15, 0.2) is 22.8 Å². The Morgan fingerprint density at radius 2 is 1.94 bits per heavy atom. The molecule has 2 N–H and O–H groups in total. The van der Waals surface area contributed by atoms with E-state index in [1.807, 2.05) is 16.7 Å². The number of methoxy groups -OCH3 is 1. The van der Waals surface area contributed by atoms with E-state index in [1.54, 1.807) is 30.9 Å². The number of imidazole rings is 1. The highest BCUT2D eigenvalue weighted by Crippen LogP contribution is 2.27. The minimum absolute atomic E-state index is 0.184. The standard InChI is InChI=1S/C22H22N8O3/c1-32-21(31)15-4-2-3-14(9-15)12-30-13-26-17-19(29-5-7-33-8-6-29)27-18(28-20(17)30)16-10-24-22(23)25-11-16/h2-4,9-11,13H,5-8,12H2,1H3,(H2,23,24,25). The minimum atomic E-state index is -0.380. The Bertz CT molecular complexity index is 1300.